The van der Waals surface area contributed by atoms with Crippen LogP contribution in [-0.4, -0.2) is 52.9 Å². The van der Waals surface area contributed by atoms with Crippen LogP contribution in [0.4, 0.5) is 11.4 Å². The Labute approximate surface area is 252 Å². The number of hydrogen-bond acceptors (Lipinski definition) is 6. The van der Waals surface area contributed by atoms with E-state index in [1.54, 1.807) is 53.8 Å². The van der Waals surface area contributed by atoms with Gasteiger partial charge in [-0.05, 0) is 95.0 Å². The molecule has 9 heteroatoms. The second kappa shape index (κ2) is 12.6. The molecule has 0 bridgehead atoms. The maximum absolute atomic E-state index is 13.2. The first-order chi connectivity index (χ1) is 20.6. The minimum absolute atomic E-state index is 0.0397. The van der Waals surface area contributed by atoms with Crippen LogP contribution in [0.2, 0.25) is 0 Å². The standard InChI is InChI=1S/C34H41N5O4/c1-6-39-28-13-12-25(22-29(28)36(5)32(41)34(3,4)33(39)42)10-7-8-17-37(23-26-11-9-16-35-24(26)2)19-20-38-18-14-30-27(31(38)40)15-21-43-30/h9,11-16,18,21-22H,6-8,10,17,19-20,23H2,1-5H3. The van der Waals surface area contributed by atoms with E-state index in [0.717, 1.165) is 61.5 Å². The molecule has 0 atom stereocenters. The van der Waals surface area contributed by atoms with Gasteiger partial charge in [0, 0.05) is 51.3 Å². The molecule has 226 valence electrons. The van der Waals surface area contributed by atoms with Crippen LogP contribution in [0.25, 0.3) is 11.0 Å². The predicted molar refractivity (Wildman–Crippen MR) is 169 cm³/mol. The molecule has 0 fully saturated rings. The lowest BCUT2D eigenvalue weighted by Gasteiger charge is -2.27. The number of aromatic nitrogens is 2. The third-order valence-corrected chi connectivity index (χ3v) is 8.58. The van der Waals surface area contributed by atoms with Gasteiger partial charge in [-0.3, -0.25) is 24.3 Å². The Hall–Kier alpha value is -4.24. The van der Waals surface area contributed by atoms with Crippen molar-refractivity contribution in [1.29, 1.82) is 0 Å². The zero-order valence-electron chi connectivity index (χ0n) is 25.8. The summed E-state index contributed by atoms with van der Waals surface area (Å²) in [6.07, 6.45) is 7.94. The molecule has 4 aromatic rings. The number of aryl methyl sites for hydroxylation is 2. The molecule has 43 heavy (non-hydrogen) atoms. The zero-order valence-corrected chi connectivity index (χ0v) is 25.8. The molecule has 2 amide bonds. The van der Waals surface area contributed by atoms with Crippen molar-refractivity contribution in [2.75, 3.05) is 36.5 Å². The molecule has 1 aromatic carbocycles. The largest absolute Gasteiger partial charge is 0.464 e. The lowest BCUT2D eigenvalue weighted by molar-refractivity contribution is -0.137. The maximum Gasteiger partial charge on any atom is 0.261 e. The number of pyridine rings is 2. The normalized spacial score (nSPS) is 14.9. The van der Waals surface area contributed by atoms with Crippen LogP contribution in [-0.2, 0) is 29.1 Å². The highest BCUT2D eigenvalue weighted by atomic mass is 16.3. The van der Waals surface area contributed by atoms with E-state index >= 15 is 0 Å². The number of benzene rings is 1. The minimum Gasteiger partial charge on any atom is -0.464 e. The molecule has 0 unspecified atom stereocenters. The third kappa shape index (κ3) is 6.13. The van der Waals surface area contributed by atoms with E-state index in [2.05, 4.69) is 28.1 Å². The molecule has 3 aromatic heterocycles. The van der Waals surface area contributed by atoms with Gasteiger partial charge in [0.1, 0.15) is 11.0 Å². The van der Waals surface area contributed by atoms with Crippen molar-refractivity contribution in [3.8, 4) is 0 Å². The lowest BCUT2D eigenvalue weighted by Crippen LogP contribution is -2.47. The van der Waals surface area contributed by atoms with E-state index in [1.807, 2.05) is 38.2 Å². The Kier molecular flexibility index (Phi) is 8.82. The van der Waals surface area contributed by atoms with Gasteiger partial charge in [0.05, 0.1) is 23.0 Å². The topological polar surface area (TPSA) is 91.9 Å². The van der Waals surface area contributed by atoms with E-state index in [9.17, 15) is 14.4 Å². The number of carbonyl (C=O) groups excluding carboxylic acids is 2. The molecule has 0 saturated carbocycles. The zero-order chi connectivity index (χ0) is 30.7. The number of carbonyl (C=O) groups is 2. The van der Waals surface area contributed by atoms with Crippen molar-refractivity contribution in [2.24, 2.45) is 5.41 Å². The summed E-state index contributed by atoms with van der Waals surface area (Å²) in [5, 5.41) is 0.597. The van der Waals surface area contributed by atoms with E-state index in [-0.39, 0.29) is 17.4 Å². The van der Waals surface area contributed by atoms with Gasteiger partial charge in [0.15, 0.2) is 0 Å². The molecule has 0 aliphatic carbocycles. The number of nitrogens with zero attached hydrogens (tertiary/aromatic N) is 5. The fourth-order valence-corrected chi connectivity index (χ4v) is 5.89. The third-order valence-electron chi connectivity index (χ3n) is 8.58. The van der Waals surface area contributed by atoms with Crippen molar-refractivity contribution >= 4 is 34.2 Å². The summed E-state index contributed by atoms with van der Waals surface area (Å²) in [7, 11) is 1.76. The molecule has 0 N–H and O–H groups in total. The highest BCUT2D eigenvalue weighted by Crippen LogP contribution is 2.39. The van der Waals surface area contributed by atoms with Crippen molar-refractivity contribution in [3.63, 3.8) is 0 Å². The van der Waals surface area contributed by atoms with Gasteiger partial charge in [-0.15, -0.1) is 0 Å². The van der Waals surface area contributed by atoms with Gasteiger partial charge in [-0.2, -0.15) is 0 Å². The molecule has 0 radical (unpaired) electrons. The summed E-state index contributed by atoms with van der Waals surface area (Å²) in [6, 6.07) is 13.7. The smallest absolute Gasteiger partial charge is 0.261 e. The summed E-state index contributed by atoms with van der Waals surface area (Å²) >= 11 is 0. The number of unbranched alkanes of at least 4 members (excludes halogenated alkanes) is 1. The first-order valence-electron chi connectivity index (χ1n) is 15.0. The average Bonchev–Trinajstić information content (AvgIpc) is 3.48. The van der Waals surface area contributed by atoms with Crippen molar-refractivity contribution in [3.05, 3.63) is 88.3 Å². The van der Waals surface area contributed by atoms with Gasteiger partial charge >= 0.3 is 0 Å². The van der Waals surface area contributed by atoms with Gasteiger partial charge in [0.2, 0.25) is 11.8 Å². The molecule has 4 heterocycles. The Bertz CT molecular complexity index is 1690. The van der Waals surface area contributed by atoms with Crippen LogP contribution >= 0.6 is 0 Å². The van der Waals surface area contributed by atoms with Gasteiger partial charge in [-0.1, -0.05) is 12.1 Å². The van der Waals surface area contributed by atoms with Crippen LogP contribution in [0.15, 0.2) is 70.3 Å². The number of anilines is 2. The minimum atomic E-state index is -1.12. The highest BCUT2D eigenvalue weighted by Gasteiger charge is 2.45. The second-order valence-electron chi connectivity index (χ2n) is 11.9. The van der Waals surface area contributed by atoms with E-state index in [0.29, 0.717) is 24.1 Å². The van der Waals surface area contributed by atoms with Gasteiger partial charge in [0.25, 0.3) is 5.56 Å². The molecule has 0 saturated heterocycles. The highest BCUT2D eigenvalue weighted by molar-refractivity contribution is 6.19. The molecule has 9 nitrogen and oxygen atoms in total. The summed E-state index contributed by atoms with van der Waals surface area (Å²) in [5.41, 5.74) is 4.33. The summed E-state index contributed by atoms with van der Waals surface area (Å²) < 4.78 is 7.13. The summed E-state index contributed by atoms with van der Waals surface area (Å²) in [6.45, 7) is 10.8. The monoisotopic (exact) mass is 583 g/mol. The number of amides is 2. The molecule has 1 aliphatic rings. The lowest BCUT2D eigenvalue weighted by atomic mass is 9.90. The van der Waals surface area contributed by atoms with E-state index in [1.165, 1.54) is 5.56 Å². The van der Waals surface area contributed by atoms with E-state index in [4.69, 9.17) is 4.42 Å². The van der Waals surface area contributed by atoms with Crippen LogP contribution in [0, 0.1) is 12.3 Å². The van der Waals surface area contributed by atoms with Gasteiger partial charge in [-0.25, -0.2) is 0 Å². The van der Waals surface area contributed by atoms with Crippen molar-refractivity contribution in [2.45, 2.75) is 60.0 Å². The van der Waals surface area contributed by atoms with Crippen LogP contribution in [0.5, 0.6) is 0 Å². The quantitative estimate of drug-likeness (QED) is 0.179. The van der Waals surface area contributed by atoms with Gasteiger partial charge < -0.3 is 18.8 Å². The van der Waals surface area contributed by atoms with Crippen molar-refractivity contribution < 1.29 is 14.0 Å². The number of hydrogen-bond donors (Lipinski definition) is 0. The number of furan rings is 1. The molecule has 0 spiro atoms. The Morgan fingerprint density at radius 2 is 1.79 bits per heavy atom. The van der Waals surface area contributed by atoms with E-state index < -0.39 is 5.41 Å². The fraction of sp³-hybridized carbons (Fsp3) is 0.412. The van der Waals surface area contributed by atoms with Crippen LogP contribution < -0.4 is 15.4 Å². The molecule has 1 aliphatic heterocycles. The molecule has 5 rings (SSSR count). The Morgan fingerprint density at radius 1 is 0.977 bits per heavy atom. The fourth-order valence-electron chi connectivity index (χ4n) is 5.89. The van der Waals surface area contributed by atoms with Crippen LogP contribution in [0.3, 0.4) is 0 Å². The number of fused-ring (bicyclic) bond motifs is 2. The average molecular weight is 584 g/mol. The molecular weight excluding hydrogens is 542 g/mol. The number of rotatable bonds is 11. The molecular formula is C34H41N5O4. The second-order valence-corrected chi connectivity index (χ2v) is 11.9. The Balaban J connectivity index is 1.26. The maximum atomic E-state index is 13.2. The SMILES string of the molecule is CCN1C(=O)C(C)(C)C(=O)N(C)c2cc(CCCCN(CCn3ccc4occc4c3=O)Cc3cccnc3C)ccc21. The Morgan fingerprint density at radius 3 is 2.56 bits per heavy atom. The predicted octanol–water partition coefficient (Wildman–Crippen LogP) is 5.18. The van der Waals surface area contributed by atoms with Crippen LogP contribution in [0.1, 0.15) is 50.4 Å². The first kappa shape index (κ1) is 30.2. The van der Waals surface area contributed by atoms with Crippen molar-refractivity contribution in [1.82, 2.24) is 14.5 Å². The summed E-state index contributed by atoms with van der Waals surface area (Å²) in [5.74, 6) is -0.367. The first-order valence-corrected chi connectivity index (χ1v) is 15.0. The summed E-state index contributed by atoms with van der Waals surface area (Å²) in [4.78, 5) is 49.5.